The van der Waals surface area contributed by atoms with Gasteiger partial charge in [-0.05, 0) is 44.5 Å². The largest absolute Gasteiger partial charge is 0.393 e. The molecule has 0 aromatic heterocycles. The molecule has 1 rings (SSSR count). The second kappa shape index (κ2) is 6.18. The highest BCUT2D eigenvalue weighted by Crippen LogP contribution is 2.23. The molecule has 4 heteroatoms. The van der Waals surface area contributed by atoms with E-state index in [2.05, 4.69) is 5.32 Å². The Morgan fingerprint density at radius 2 is 2.12 bits per heavy atom. The van der Waals surface area contributed by atoms with E-state index >= 15 is 0 Å². The van der Waals surface area contributed by atoms with Crippen molar-refractivity contribution in [1.29, 1.82) is 0 Å². The van der Waals surface area contributed by atoms with E-state index in [1.165, 1.54) is 12.1 Å². The van der Waals surface area contributed by atoms with Crippen molar-refractivity contribution in [2.75, 3.05) is 6.54 Å². The number of hydrogen-bond donors (Lipinski definition) is 2. The van der Waals surface area contributed by atoms with E-state index in [9.17, 15) is 4.39 Å². The van der Waals surface area contributed by atoms with Crippen molar-refractivity contribution in [3.63, 3.8) is 0 Å². The molecule has 0 heterocycles. The molecule has 0 amide bonds. The first-order valence-corrected chi connectivity index (χ1v) is 5.75. The van der Waals surface area contributed by atoms with E-state index in [1.54, 1.807) is 13.0 Å². The topological polar surface area (TPSA) is 32.3 Å². The van der Waals surface area contributed by atoms with Gasteiger partial charge in [-0.25, -0.2) is 4.39 Å². The summed E-state index contributed by atoms with van der Waals surface area (Å²) in [5.74, 6) is -0.329. The summed E-state index contributed by atoms with van der Waals surface area (Å²) in [5.41, 5.74) is 0.869. The molecule has 2 atom stereocenters. The number of hydrogen-bond acceptors (Lipinski definition) is 2. The average Bonchev–Trinajstić information content (AvgIpc) is 2.16. The minimum Gasteiger partial charge on any atom is -0.393 e. The second-order valence-electron chi connectivity index (χ2n) is 3.98. The lowest BCUT2D eigenvalue weighted by atomic mass is 10.1. The van der Waals surface area contributed by atoms with Crippen LogP contribution in [0.5, 0.6) is 0 Å². The van der Waals surface area contributed by atoms with Crippen LogP contribution in [0.1, 0.15) is 31.9 Å². The van der Waals surface area contributed by atoms with Gasteiger partial charge in [0.15, 0.2) is 0 Å². The van der Waals surface area contributed by atoms with Crippen molar-refractivity contribution in [1.82, 2.24) is 5.32 Å². The van der Waals surface area contributed by atoms with Gasteiger partial charge in [-0.1, -0.05) is 17.7 Å². The number of rotatable bonds is 5. The molecule has 1 aromatic carbocycles. The Balaban J connectivity index is 2.55. The van der Waals surface area contributed by atoms with Crippen molar-refractivity contribution in [2.24, 2.45) is 0 Å². The highest BCUT2D eigenvalue weighted by atomic mass is 35.5. The van der Waals surface area contributed by atoms with Crippen LogP contribution in [0.4, 0.5) is 4.39 Å². The van der Waals surface area contributed by atoms with Crippen molar-refractivity contribution in [2.45, 2.75) is 32.4 Å². The summed E-state index contributed by atoms with van der Waals surface area (Å²) in [6, 6.07) is 4.43. The van der Waals surface area contributed by atoms with E-state index in [0.29, 0.717) is 18.0 Å². The molecular weight excluding hydrogens is 229 g/mol. The summed E-state index contributed by atoms with van der Waals surface area (Å²) in [7, 11) is 0. The molecule has 0 fully saturated rings. The predicted octanol–water partition coefficient (Wildman–Crippen LogP) is 2.90. The van der Waals surface area contributed by atoms with E-state index in [0.717, 1.165) is 5.56 Å². The third kappa shape index (κ3) is 4.08. The molecule has 0 saturated carbocycles. The van der Waals surface area contributed by atoms with Gasteiger partial charge >= 0.3 is 0 Å². The summed E-state index contributed by atoms with van der Waals surface area (Å²) in [6.45, 7) is 4.41. The smallest absolute Gasteiger partial charge is 0.124 e. The molecule has 90 valence electrons. The Bertz CT molecular complexity index is 344. The number of aliphatic hydroxyl groups excluding tert-OH is 1. The van der Waals surface area contributed by atoms with E-state index in [4.69, 9.17) is 16.7 Å². The Kier molecular flexibility index (Phi) is 5.19. The number of benzene rings is 1. The van der Waals surface area contributed by atoms with Crippen molar-refractivity contribution in [3.05, 3.63) is 34.6 Å². The lowest BCUT2D eigenvalue weighted by Gasteiger charge is -2.16. The van der Waals surface area contributed by atoms with Crippen molar-refractivity contribution in [3.8, 4) is 0 Å². The summed E-state index contributed by atoms with van der Waals surface area (Å²) >= 11 is 5.94. The van der Waals surface area contributed by atoms with Crippen LogP contribution in [0.25, 0.3) is 0 Å². The lowest BCUT2D eigenvalue weighted by Crippen LogP contribution is -2.22. The van der Waals surface area contributed by atoms with Gasteiger partial charge < -0.3 is 10.4 Å². The fourth-order valence-corrected chi connectivity index (χ4v) is 1.80. The second-order valence-corrected chi connectivity index (χ2v) is 4.39. The first kappa shape index (κ1) is 13.4. The molecule has 0 aliphatic heterocycles. The van der Waals surface area contributed by atoms with E-state index in [-0.39, 0.29) is 18.0 Å². The third-order valence-corrected chi connectivity index (χ3v) is 2.77. The third-order valence-electron chi connectivity index (χ3n) is 2.44. The minimum atomic E-state index is -0.329. The molecule has 2 unspecified atom stereocenters. The van der Waals surface area contributed by atoms with Gasteiger partial charge in [0.05, 0.1) is 6.10 Å². The molecule has 0 aliphatic carbocycles. The molecule has 2 nitrogen and oxygen atoms in total. The predicted molar refractivity (Wildman–Crippen MR) is 64.1 cm³/mol. The van der Waals surface area contributed by atoms with Gasteiger partial charge in [-0.15, -0.1) is 0 Å². The van der Waals surface area contributed by atoms with Gasteiger partial charge in [0, 0.05) is 11.1 Å². The highest BCUT2D eigenvalue weighted by molar-refractivity contribution is 6.31. The van der Waals surface area contributed by atoms with Gasteiger partial charge in [-0.2, -0.15) is 0 Å². The highest BCUT2D eigenvalue weighted by Gasteiger charge is 2.09. The van der Waals surface area contributed by atoms with Crippen molar-refractivity contribution >= 4 is 11.6 Å². The van der Waals surface area contributed by atoms with Crippen LogP contribution < -0.4 is 5.32 Å². The summed E-state index contributed by atoms with van der Waals surface area (Å²) < 4.78 is 12.8. The zero-order valence-electron chi connectivity index (χ0n) is 9.50. The van der Waals surface area contributed by atoms with Crippen LogP contribution in [0.3, 0.4) is 0 Å². The molecule has 16 heavy (non-hydrogen) atoms. The van der Waals surface area contributed by atoms with Gasteiger partial charge in [-0.3, -0.25) is 0 Å². The Labute approximate surface area is 100 Å². The van der Waals surface area contributed by atoms with Gasteiger partial charge in [0.1, 0.15) is 5.82 Å². The first-order valence-electron chi connectivity index (χ1n) is 5.37. The summed E-state index contributed by atoms with van der Waals surface area (Å²) in [5, 5.41) is 12.8. The molecule has 1 aromatic rings. The van der Waals surface area contributed by atoms with E-state index in [1.807, 2.05) is 6.92 Å². The fourth-order valence-electron chi connectivity index (χ4n) is 1.47. The fraction of sp³-hybridized carbons (Fsp3) is 0.500. The number of aliphatic hydroxyl groups is 1. The zero-order valence-corrected chi connectivity index (χ0v) is 10.3. The lowest BCUT2D eigenvalue weighted by molar-refractivity contribution is 0.182. The molecular formula is C12H17ClFNO. The number of halogens is 2. The first-order chi connectivity index (χ1) is 7.50. The van der Waals surface area contributed by atoms with Crippen LogP contribution in [-0.4, -0.2) is 17.8 Å². The quantitative estimate of drug-likeness (QED) is 0.836. The maximum absolute atomic E-state index is 12.8. The van der Waals surface area contributed by atoms with Crippen LogP contribution >= 0.6 is 11.6 Å². The van der Waals surface area contributed by atoms with E-state index < -0.39 is 0 Å². The summed E-state index contributed by atoms with van der Waals surface area (Å²) in [4.78, 5) is 0. The standard InChI is InChI=1S/C12H17ClFNO/c1-8(16)5-6-15-9(2)11-4-3-10(14)7-12(11)13/h3-4,7-9,15-16H,5-6H2,1-2H3. The van der Waals surface area contributed by atoms with Gasteiger partial charge in [0.25, 0.3) is 0 Å². The Hall–Kier alpha value is -0.640. The molecule has 0 saturated heterocycles. The van der Waals surface area contributed by atoms with Crippen LogP contribution in [0.2, 0.25) is 5.02 Å². The average molecular weight is 246 g/mol. The Morgan fingerprint density at radius 1 is 1.44 bits per heavy atom. The van der Waals surface area contributed by atoms with Crippen molar-refractivity contribution < 1.29 is 9.50 Å². The normalized spacial score (nSPS) is 14.8. The molecule has 0 aliphatic rings. The molecule has 2 N–H and O–H groups in total. The van der Waals surface area contributed by atoms with Gasteiger partial charge in [0.2, 0.25) is 0 Å². The van der Waals surface area contributed by atoms with Crippen LogP contribution in [0, 0.1) is 5.82 Å². The summed E-state index contributed by atoms with van der Waals surface area (Å²) in [6.07, 6.45) is 0.367. The number of nitrogens with one attached hydrogen (secondary N) is 1. The SMILES string of the molecule is CC(O)CCNC(C)c1ccc(F)cc1Cl. The van der Waals surface area contributed by atoms with Crippen LogP contribution in [-0.2, 0) is 0 Å². The molecule has 0 radical (unpaired) electrons. The minimum absolute atomic E-state index is 0.0480. The molecule has 0 bridgehead atoms. The molecule has 0 spiro atoms. The zero-order chi connectivity index (χ0) is 12.1. The maximum atomic E-state index is 12.8. The Morgan fingerprint density at radius 3 is 2.69 bits per heavy atom. The maximum Gasteiger partial charge on any atom is 0.124 e. The monoisotopic (exact) mass is 245 g/mol. The van der Waals surface area contributed by atoms with Crippen LogP contribution in [0.15, 0.2) is 18.2 Å².